The summed E-state index contributed by atoms with van der Waals surface area (Å²) in [4.78, 5) is 24.9. The van der Waals surface area contributed by atoms with Gasteiger partial charge in [-0.25, -0.2) is 9.97 Å². The Balaban J connectivity index is 1.58. The van der Waals surface area contributed by atoms with Crippen molar-refractivity contribution in [2.45, 2.75) is 32.7 Å². The van der Waals surface area contributed by atoms with Crippen LogP contribution >= 0.6 is 0 Å². The van der Waals surface area contributed by atoms with Gasteiger partial charge in [0.15, 0.2) is 6.04 Å². The molecule has 0 aliphatic carbocycles. The summed E-state index contributed by atoms with van der Waals surface area (Å²) in [7, 11) is 0. The Morgan fingerprint density at radius 1 is 1.08 bits per heavy atom. The molecule has 6 heteroatoms. The number of piperazine rings is 1. The second-order valence-electron chi connectivity index (χ2n) is 7.15. The molecule has 1 aromatic heterocycles. The molecule has 138 valence electrons. The third-order valence-corrected chi connectivity index (χ3v) is 5.09. The average molecular weight is 354 g/mol. The highest BCUT2D eigenvalue weighted by Crippen LogP contribution is 2.23. The van der Waals surface area contributed by atoms with Crippen LogP contribution in [0.15, 0.2) is 42.7 Å². The fourth-order valence-corrected chi connectivity index (χ4v) is 3.42. The first kappa shape index (κ1) is 18.3. The van der Waals surface area contributed by atoms with E-state index in [2.05, 4.69) is 40.1 Å². The molecule has 0 unspecified atom stereocenters. The number of rotatable bonds is 5. The molecule has 6 nitrogen and oxygen atoms in total. The summed E-state index contributed by atoms with van der Waals surface area (Å²) in [5, 5.41) is 3.13. The Kier molecular flexibility index (Phi) is 5.83. The van der Waals surface area contributed by atoms with Gasteiger partial charge in [-0.3, -0.25) is 4.79 Å². The maximum Gasteiger partial charge on any atom is 0.282 e. The third kappa shape index (κ3) is 4.19. The van der Waals surface area contributed by atoms with E-state index < -0.39 is 0 Å². The number of carbonyl (C=O) groups is 1. The van der Waals surface area contributed by atoms with Crippen LogP contribution in [-0.2, 0) is 4.79 Å². The van der Waals surface area contributed by atoms with Gasteiger partial charge in [0.05, 0.1) is 26.2 Å². The van der Waals surface area contributed by atoms with Gasteiger partial charge in [0.1, 0.15) is 0 Å². The number of aromatic nitrogens is 2. The molecule has 1 saturated heterocycles. The number of quaternary nitrogens is 1. The first-order chi connectivity index (χ1) is 12.6. The van der Waals surface area contributed by atoms with Gasteiger partial charge in [-0.1, -0.05) is 32.0 Å². The van der Waals surface area contributed by atoms with Crippen LogP contribution in [0.4, 0.5) is 11.6 Å². The van der Waals surface area contributed by atoms with Crippen molar-refractivity contribution in [3.63, 3.8) is 0 Å². The molecule has 2 aromatic rings. The minimum absolute atomic E-state index is 0.0810. The molecular weight excluding hydrogens is 326 g/mol. The average Bonchev–Trinajstić information content (AvgIpc) is 2.68. The summed E-state index contributed by atoms with van der Waals surface area (Å²) in [5.41, 5.74) is 2.10. The van der Waals surface area contributed by atoms with Crippen molar-refractivity contribution in [3.05, 3.63) is 48.3 Å². The first-order valence-corrected chi connectivity index (χ1v) is 9.32. The highest BCUT2D eigenvalue weighted by Gasteiger charge is 2.30. The van der Waals surface area contributed by atoms with E-state index in [-0.39, 0.29) is 11.9 Å². The number of para-hydroxylation sites is 1. The van der Waals surface area contributed by atoms with Crippen LogP contribution in [-0.4, -0.2) is 48.1 Å². The zero-order valence-electron chi connectivity index (χ0n) is 15.8. The molecule has 1 fully saturated rings. The van der Waals surface area contributed by atoms with Gasteiger partial charge < -0.3 is 15.1 Å². The lowest BCUT2D eigenvalue weighted by Gasteiger charge is -2.34. The monoisotopic (exact) mass is 354 g/mol. The molecule has 0 bridgehead atoms. The number of nitrogens with one attached hydrogen (secondary N) is 2. The Morgan fingerprint density at radius 3 is 2.38 bits per heavy atom. The number of benzene rings is 1. The summed E-state index contributed by atoms with van der Waals surface area (Å²) in [6.07, 6.45) is 3.54. The molecule has 1 atom stereocenters. The standard InChI is InChI=1S/C20H27N5O/c1-15(2)17-7-4-5-8-18(17)23-19(26)16(3)24-11-13-25(14-12-24)20-21-9-6-10-22-20/h4-10,15-16H,11-14H2,1-3H3,(H,23,26)/p+1/t16-/m1/s1. The highest BCUT2D eigenvalue weighted by molar-refractivity contribution is 5.94. The van der Waals surface area contributed by atoms with Crippen molar-refractivity contribution in [2.75, 3.05) is 36.4 Å². The van der Waals surface area contributed by atoms with E-state index in [0.717, 1.165) is 37.8 Å². The van der Waals surface area contributed by atoms with Crippen LogP contribution in [0, 0.1) is 0 Å². The van der Waals surface area contributed by atoms with Crippen molar-refractivity contribution in [1.29, 1.82) is 0 Å². The van der Waals surface area contributed by atoms with Crippen LogP contribution in [0.25, 0.3) is 0 Å². The van der Waals surface area contributed by atoms with Gasteiger partial charge in [0.25, 0.3) is 5.91 Å². The highest BCUT2D eigenvalue weighted by atomic mass is 16.2. The molecule has 1 amide bonds. The van der Waals surface area contributed by atoms with E-state index in [9.17, 15) is 4.79 Å². The molecule has 0 saturated carbocycles. The van der Waals surface area contributed by atoms with Crippen LogP contribution in [0.5, 0.6) is 0 Å². The summed E-state index contributed by atoms with van der Waals surface area (Å²) in [5.74, 6) is 1.23. The summed E-state index contributed by atoms with van der Waals surface area (Å²) >= 11 is 0. The Labute approximate surface area is 155 Å². The van der Waals surface area contributed by atoms with Crippen molar-refractivity contribution < 1.29 is 9.69 Å². The van der Waals surface area contributed by atoms with Gasteiger partial charge >= 0.3 is 0 Å². The molecular formula is C20H28N5O+. The number of amides is 1. The zero-order valence-corrected chi connectivity index (χ0v) is 15.8. The minimum atomic E-state index is -0.0888. The van der Waals surface area contributed by atoms with Crippen LogP contribution in [0.2, 0.25) is 0 Å². The fraction of sp³-hybridized carbons (Fsp3) is 0.450. The number of nitrogens with zero attached hydrogens (tertiary/aromatic N) is 3. The van der Waals surface area contributed by atoms with Crippen LogP contribution in [0.1, 0.15) is 32.3 Å². The predicted octanol–water partition coefficient (Wildman–Crippen LogP) is 1.33. The fourth-order valence-electron chi connectivity index (χ4n) is 3.42. The molecule has 0 spiro atoms. The Hall–Kier alpha value is -2.47. The summed E-state index contributed by atoms with van der Waals surface area (Å²) in [6, 6.07) is 9.79. The second-order valence-corrected chi connectivity index (χ2v) is 7.15. The molecule has 0 radical (unpaired) electrons. The molecule has 1 aromatic carbocycles. The smallest absolute Gasteiger partial charge is 0.282 e. The lowest BCUT2D eigenvalue weighted by molar-refractivity contribution is -0.914. The van der Waals surface area contributed by atoms with E-state index in [1.807, 2.05) is 31.2 Å². The third-order valence-electron chi connectivity index (χ3n) is 5.09. The largest absolute Gasteiger partial charge is 0.330 e. The SMILES string of the molecule is CC(C)c1ccccc1NC(=O)[C@@H](C)[NH+]1CCN(c2ncccn2)CC1. The predicted molar refractivity (Wildman–Crippen MR) is 104 cm³/mol. The van der Waals surface area contributed by atoms with E-state index >= 15 is 0 Å². The van der Waals surface area contributed by atoms with Gasteiger partial charge in [0, 0.05) is 18.1 Å². The normalized spacial score (nSPS) is 16.5. The Morgan fingerprint density at radius 2 is 1.73 bits per heavy atom. The molecule has 2 N–H and O–H groups in total. The Bertz CT molecular complexity index is 726. The minimum Gasteiger partial charge on any atom is -0.330 e. The van der Waals surface area contributed by atoms with Crippen molar-refractivity contribution in [1.82, 2.24) is 9.97 Å². The van der Waals surface area contributed by atoms with Gasteiger partial charge in [0.2, 0.25) is 5.95 Å². The van der Waals surface area contributed by atoms with E-state index in [4.69, 9.17) is 0 Å². The van der Waals surface area contributed by atoms with Crippen LogP contribution in [0.3, 0.4) is 0 Å². The summed E-state index contributed by atoms with van der Waals surface area (Å²) in [6.45, 7) is 9.82. The summed E-state index contributed by atoms with van der Waals surface area (Å²) < 4.78 is 0. The maximum absolute atomic E-state index is 12.8. The molecule has 26 heavy (non-hydrogen) atoms. The zero-order chi connectivity index (χ0) is 18.5. The number of anilines is 2. The van der Waals surface area contributed by atoms with Gasteiger partial charge in [-0.15, -0.1) is 0 Å². The number of hydrogen-bond donors (Lipinski definition) is 2. The molecule has 1 aliphatic rings. The van der Waals surface area contributed by atoms with E-state index in [0.29, 0.717) is 5.92 Å². The van der Waals surface area contributed by atoms with E-state index in [1.165, 1.54) is 10.5 Å². The lowest BCUT2D eigenvalue weighted by atomic mass is 10.0. The van der Waals surface area contributed by atoms with Crippen molar-refractivity contribution in [2.24, 2.45) is 0 Å². The van der Waals surface area contributed by atoms with Crippen molar-refractivity contribution in [3.8, 4) is 0 Å². The van der Waals surface area contributed by atoms with Gasteiger partial charge in [-0.2, -0.15) is 0 Å². The quantitative estimate of drug-likeness (QED) is 0.850. The number of hydrogen-bond acceptors (Lipinski definition) is 4. The maximum atomic E-state index is 12.8. The number of carbonyl (C=O) groups excluding carboxylic acids is 1. The molecule has 1 aliphatic heterocycles. The second kappa shape index (κ2) is 8.27. The van der Waals surface area contributed by atoms with Crippen molar-refractivity contribution >= 4 is 17.5 Å². The molecule has 3 rings (SSSR count). The topological polar surface area (TPSA) is 62.6 Å². The van der Waals surface area contributed by atoms with Gasteiger partial charge in [-0.05, 0) is 30.5 Å². The van der Waals surface area contributed by atoms with Crippen LogP contribution < -0.4 is 15.1 Å². The first-order valence-electron chi connectivity index (χ1n) is 9.32. The lowest BCUT2D eigenvalue weighted by Crippen LogP contribution is -3.19. The molecule has 2 heterocycles. The van der Waals surface area contributed by atoms with E-state index in [1.54, 1.807) is 12.4 Å².